The zero-order chi connectivity index (χ0) is 11.4. The summed E-state index contributed by atoms with van der Waals surface area (Å²) in [5.41, 5.74) is 3.08. The molecule has 0 spiro atoms. The summed E-state index contributed by atoms with van der Waals surface area (Å²) in [6, 6.07) is 5.99. The fourth-order valence-electron chi connectivity index (χ4n) is 1.29. The van der Waals surface area contributed by atoms with Crippen molar-refractivity contribution < 1.29 is 4.79 Å². The minimum atomic E-state index is -0.154. The second-order valence-electron chi connectivity index (χ2n) is 4.07. The van der Waals surface area contributed by atoms with Crippen LogP contribution in [0.5, 0.6) is 0 Å². The number of benzene rings is 1. The minimum absolute atomic E-state index is 0.148. The van der Waals surface area contributed by atoms with Gasteiger partial charge in [-0.2, -0.15) is 0 Å². The van der Waals surface area contributed by atoms with Gasteiger partial charge in [-0.25, -0.2) is 4.79 Å². The lowest BCUT2D eigenvalue weighted by molar-refractivity contribution is 0.250. The van der Waals surface area contributed by atoms with Crippen molar-refractivity contribution in [3.05, 3.63) is 29.3 Å². The van der Waals surface area contributed by atoms with Gasteiger partial charge in [-0.15, -0.1) is 0 Å². The van der Waals surface area contributed by atoms with Crippen LogP contribution in [-0.4, -0.2) is 12.1 Å². The highest BCUT2D eigenvalue weighted by atomic mass is 16.2. The van der Waals surface area contributed by atoms with Crippen molar-refractivity contribution in [1.82, 2.24) is 5.32 Å². The van der Waals surface area contributed by atoms with Crippen LogP contribution in [0, 0.1) is 13.8 Å². The van der Waals surface area contributed by atoms with E-state index >= 15 is 0 Å². The Morgan fingerprint density at radius 3 is 2.53 bits per heavy atom. The Morgan fingerprint density at radius 1 is 1.27 bits per heavy atom. The van der Waals surface area contributed by atoms with Crippen molar-refractivity contribution in [2.45, 2.75) is 33.7 Å². The Kier molecular flexibility index (Phi) is 3.72. The van der Waals surface area contributed by atoms with Crippen LogP contribution < -0.4 is 10.6 Å². The standard InChI is InChI=1S/C12H18N2O/c1-8(2)13-12(15)14-11-7-9(3)5-6-10(11)4/h5-8H,1-4H3,(H2,13,14,15). The Hall–Kier alpha value is -1.51. The van der Waals surface area contributed by atoms with E-state index in [1.807, 2.05) is 45.9 Å². The molecule has 0 aliphatic heterocycles. The summed E-state index contributed by atoms with van der Waals surface area (Å²) in [5, 5.41) is 5.62. The van der Waals surface area contributed by atoms with E-state index in [0.29, 0.717) is 0 Å². The third-order valence-corrected chi connectivity index (χ3v) is 2.06. The normalized spacial score (nSPS) is 10.2. The summed E-state index contributed by atoms with van der Waals surface area (Å²) >= 11 is 0. The average molecular weight is 206 g/mol. The van der Waals surface area contributed by atoms with E-state index in [-0.39, 0.29) is 12.1 Å². The molecule has 0 unspecified atom stereocenters. The van der Waals surface area contributed by atoms with Gasteiger partial charge in [0.15, 0.2) is 0 Å². The van der Waals surface area contributed by atoms with E-state index in [4.69, 9.17) is 0 Å². The second-order valence-corrected chi connectivity index (χ2v) is 4.07. The van der Waals surface area contributed by atoms with Gasteiger partial charge in [0.05, 0.1) is 0 Å². The fourth-order valence-corrected chi connectivity index (χ4v) is 1.29. The number of carbonyl (C=O) groups excluding carboxylic acids is 1. The number of carbonyl (C=O) groups is 1. The molecule has 0 bridgehead atoms. The molecule has 1 aromatic carbocycles. The zero-order valence-electron chi connectivity index (χ0n) is 9.72. The minimum Gasteiger partial charge on any atom is -0.336 e. The highest BCUT2D eigenvalue weighted by molar-refractivity contribution is 5.90. The molecule has 0 saturated carbocycles. The van der Waals surface area contributed by atoms with E-state index in [1.165, 1.54) is 0 Å². The van der Waals surface area contributed by atoms with Gasteiger partial charge in [0, 0.05) is 11.7 Å². The van der Waals surface area contributed by atoms with Crippen LogP contribution in [0.25, 0.3) is 0 Å². The molecule has 15 heavy (non-hydrogen) atoms. The lowest BCUT2D eigenvalue weighted by Crippen LogP contribution is -2.34. The van der Waals surface area contributed by atoms with Gasteiger partial charge in [0.25, 0.3) is 0 Å². The number of rotatable bonds is 2. The van der Waals surface area contributed by atoms with Gasteiger partial charge in [-0.3, -0.25) is 0 Å². The largest absolute Gasteiger partial charge is 0.336 e. The molecule has 2 N–H and O–H groups in total. The number of aryl methyl sites for hydroxylation is 2. The molecular weight excluding hydrogens is 188 g/mol. The zero-order valence-corrected chi connectivity index (χ0v) is 9.72. The van der Waals surface area contributed by atoms with Gasteiger partial charge in [0.1, 0.15) is 0 Å². The molecule has 3 heteroatoms. The van der Waals surface area contributed by atoms with Crippen molar-refractivity contribution in [1.29, 1.82) is 0 Å². The van der Waals surface area contributed by atoms with Crippen LogP contribution in [0.2, 0.25) is 0 Å². The maximum absolute atomic E-state index is 11.5. The number of urea groups is 1. The Morgan fingerprint density at radius 2 is 1.93 bits per heavy atom. The Labute approximate surface area is 90.9 Å². The number of hydrogen-bond donors (Lipinski definition) is 2. The van der Waals surface area contributed by atoms with E-state index in [2.05, 4.69) is 10.6 Å². The molecule has 0 atom stereocenters. The number of anilines is 1. The van der Waals surface area contributed by atoms with Crippen LogP contribution in [0.1, 0.15) is 25.0 Å². The Bertz CT molecular complexity index is 359. The third-order valence-electron chi connectivity index (χ3n) is 2.06. The highest BCUT2D eigenvalue weighted by Gasteiger charge is 2.05. The summed E-state index contributed by atoms with van der Waals surface area (Å²) < 4.78 is 0. The molecule has 0 saturated heterocycles. The predicted octanol–water partition coefficient (Wildman–Crippen LogP) is 2.83. The third kappa shape index (κ3) is 3.62. The molecule has 82 valence electrons. The van der Waals surface area contributed by atoms with E-state index < -0.39 is 0 Å². The van der Waals surface area contributed by atoms with Crippen LogP contribution in [-0.2, 0) is 0 Å². The van der Waals surface area contributed by atoms with E-state index in [9.17, 15) is 4.79 Å². The molecule has 0 fully saturated rings. The second kappa shape index (κ2) is 4.82. The van der Waals surface area contributed by atoms with Crippen molar-refractivity contribution in [2.24, 2.45) is 0 Å². The number of amides is 2. The lowest BCUT2D eigenvalue weighted by atomic mass is 10.1. The lowest BCUT2D eigenvalue weighted by Gasteiger charge is -2.12. The molecule has 0 heterocycles. The van der Waals surface area contributed by atoms with Crippen LogP contribution in [0.3, 0.4) is 0 Å². The first-order chi connectivity index (χ1) is 6.99. The molecule has 3 nitrogen and oxygen atoms in total. The molecular formula is C12H18N2O. The molecule has 0 aliphatic rings. The SMILES string of the molecule is Cc1ccc(C)c(NC(=O)NC(C)C)c1. The van der Waals surface area contributed by atoms with Crippen molar-refractivity contribution in [2.75, 3.05) is 5.32 Å². The summed E-state index contributed by atoms with van der Waals surface area (Å²) in [7, 11) is 0. The molecule has 2 amide bonds. The monoisotopic (exact) mass is 206 g/mol. The number of hydrogen-bond acceptors (Lipinski definition) is 1. The topological polar surface area (TPSA) is 41.1 Å². The van der Waals surface area contributed by atoms with Gasteiger partial charge < -0.3 is 10.6 Å². The van der Waals surface area contributed by atoms with Crippen molar-refractivity contribution >= 4 is 11.7 Å². The Balaban J connectivity index is 2.71. The fraction of sp³-hybridized carbons (Fsp3) is 0.417. The van der Waals surface area contributed by atoms with Crippen molar-refractivity contribution in [3.63, 3.8) is 0 Å². The molecule has 1 aromatic rings. The van der Waals surface area contributed by atoms with Gasteiger partial charge >= 0.3 is 6.03 Å². The quantitative estimate of drug-likeness (QED) is 0.767. The highest BCUT2D eigenvalue weighted by Crippen LogP contribution is 2.15. The number of nitrogens with one attached hydrogen (secondary N) is 2. The first kappa shape index (κ1) is 11.6. The van der Waals surface area contributed by atoms with Gasteiger partial charge in [0.2, 0.25) is 0 Å². The molecule has 1 rings (SSSR count). The smallest absolute Gasteiger partial charge is 0.319 e. The summed E-state index contributed by atoms with van der Waals surface area (Å²) in [4.78, 5) is 11.5. The molecule has 0 radical (unpaired) electrons. The maximum Gasteiger partial charge on any atom is 0.319 e. The molecule has 0 aliphatic carbocycles. The summed E-state index contributed by atoms with van der Waals surface area (Å²) in [6.45, 7) is 7.85. The van der Waals surface area contributed by atoms with Crippen molar-refractivity contribution in [3.8, 4) is 0 Å². The van der Waals surface area contributed by atoms with E-state index in [0.717, 1.165) is 16.8 Å². The van der Waals surface area contributed by atoms with Gasteiger partial charge in [-0.1, -0.05) is 12.1 Å². The van der Waals surface area contributed by atoms with Crippen LogP contribution in [0.4, 0.5) is 10.5 Å². The molecule has 0 aromatic heterocycles. The predicted molar refractivity (Wildman–Crippen MR) is 63.2 cm³/mol. The summed E-state index contributed by atoms with van der Waals surface area (Å²) in [5.74, 6) is 0. The van der Waals surface area contributed by atoms with E-state index in [1.54, 1.807) is 0 Å². The maximum atomic E-state index is 11.5. The average Bonchev–Trinajstić information content (AvgIpc) is 2.10. The van der Waals surface area contributed by atoms with Crippen LogP contribution in [0.15, 0.2) is 18.2 Å². The van der Waals surface area contributed by atoms with Crippen LogP contribution >= 0.6 is 0 Å². The van der Waals surface area contributed by atoms with Gasteiger partial charge in [-0.05, 0) is 44.9 Å². The summed E-state index contributed by atoms with van der Waals surface area (Å²) in [6.07, 6.45) is 0. The first-order valence-corrected chi connectivity index (χ1v) is 5.14. The first-order valence-electron chi connectivity index (χ1n) is 5.14.